The van der Waals surface area contributed by atoms with Crippen LogP contribution in [0.2, 0.25) is 0 Å². The predicted octanol–water partition coefficient (Wildman–Crippen LogP) is 26.6. The number of carbonyl (C=O) groups excluding carboxylic acids is 3. The lowest BCUT2D eigenvalue weighted by Crippen LogP contribution is -2.30. The van der Waals surface area contributed by atoms with Crippen LogP contribution in [0.3, 0.4) is 0 Å². The van der Waals surface area contributed by atoms with Crippen molar-refractivity contribution in [3.05, 3.63) is 0 Å². The Morgan fingerprint density at radius 3 is 0.482 bits per heavy atom. The molecule has 6 nitrogen and oxygen atoms in total. The Morgan fingerprint density at radius 2 is 0.325 bits per heavy atom. The van der Waals surface area contributed by atoms with Gasteiger partial charge in [0.1, 0.15) is 13.2 Å². The maximum absolute atomic E-state index is 13.0. The normalized spacial score (nSPS) is 11.9. The first-order valence-electron chi connectivity index (χ1n) is 38.5. The second kappa shape index (κ2) is 72.9. The molecule has 1 unspecified atom stereocenters. The average molecular weight is 1170 g/mol. The van der Waals surface area contributed by atoms with Crippen LogP contribution in [0.5, 0.6) is 0 Å². The molecule has 1 atom stereocenters. The van der Waals surface area contributed by atoms with E-state index in [1.165, 1.54) is 360 Å². The summed E-state index contributed by atoms with van der Waals surface area (Å²) >= 11 is 0. The minimum Gasteiger partial charge on any atom is -0.462 e. The molecule has 0 rings (SSSR count). The first-order valence-corrected chi connectivity index (χ1v) is 38.5. The van der Waals surface area contributed by atoms with Crippen LogP contribution in [0.25, 0.3) is 0 Å². The Bertz CT molecular complexity index is 1250. The van der Waals surface area contributed by atoms with Crippen molar-refractivity contribution in [3.8, 4) is 0 Å². The van der Waals surface area contributed by atoms with E-state index in [1.807, 2.05) is 0 Å². The molecule has 0 heterocycles. The highest BCUT2D eigenvalue weighted by Crippen LogP contribution is 2.20. The van der Waals surface area contributed by atoms with Crippen LogP contribution in [0.1, 0.15) is 457 Å². The van der Waals surface area contributed by atoms with Gasteiger partial charge in [0.2, 0.25) is 0 Å². The van der Waals surface area contributed by atoms with E-state index in [9.17, 15) is 14.4 Å². The molecule has 0 aromatic carbocycles. The van der Waals surface area contributed by atoms with Gasteiger partial charge < -0.3 is 14.2 Å². The fourth-order valence-electron chi connectivity index (χ4n) is 12.3. The smallest absolute Gasteiger partial charge is 0.306 e. The number of hydrogen-bond donors (Lipinski definition) is 0. The van der Waals surface area contributed by atoms with E-state index in [0.29, 0.717) is 19.3 Å². The number of carbonyl (C=O) groups is 3. The van der Waals surface area contributed by atoms with Gasteiger partial charge in [-0.25, -0.2) is 0 Å². The summed E-state index contributed by atoms with van der Waals surface area (Å²) in [6, 6.07) is 0. The Balaban J connectivity index is 4.07. The quantitative estimate of drug-likeness (QED) is 0.0343. The maximum atomic E-state index is 13.0. The van der Waals surface area contributed by atoms with E-state index in [2.05, 4.69) is 20.8 Å². The maximum Gasteiger partial charge on any atom is 0.306 e. The molecule has 0 aliphatic heterocycles. The van der Waals surface area contributed by atoms with Crippen LogP contribution in [-0.4, -0.2) is 37.2 Å². The zero-order valence-electron chi connectivity index (χ0n) is 57.0. The monoisotopic (exact) mass is 1170 g/mol. The van der Waals surface area contributed by atoms with E-state index in [-0.39, 0.29) is 31.1 Å². The standard InChI is InChI=1S/C77H150O6/c1-4-7-10-13-16-19-22-25-27-29-31-32-33-34-35-36-37-38-39-40-41-42-43-44-46-47-49-52-55-58-61-64-67-70-76(79)82-73-74(72-81-75(78)69-66-63-60-57-54-51-24-21-18-15-12-9-6-3)83-77(80)71-68-65-62-59-56-53-50-48-45-30-28-26-23-20-17-14-11-8-5-2/h74H,4-73H2,1-3H3. The van der Waals surface area contributed by atoms with E-state index >= 15 is 0 Å². The molecule has 0 fully saturated rings. The number of esters is 3. The zero-order valence-corrected chi connectivity index (χ0v) is 57.0. The van der Waals surface area contributed by atoms with Crippen LogP contribution in [0, 0.1) is 0 Å². The summed E-state index contributed by atoms with van der Waals surface area (Å²) in [5, 5.41) is 0. The average Bonchev–Trinajstić information content (AvgIpc) is 3.49. The van der Waals surface area contributed by atoms with Crippen molar-refractivity contribution in [1.29, 1.82) is 0 Å². The molecule has 83 heavy (non-hydrogen) atoms. The molecule has 6 heteroatoms. The van der Waals surface area contributed by atoms with Gasteiger partial charge in [-0.15, -0.1) is 0 Å². The van der Waals surface area contributed by atoms with Gasteiger partial charge in [-0.1, -0.05) is 419 Å². The molecule has 0 aliphatic rings. The van der Waals surface area contributed by atoms with Crippen molar-refractivity contribution in [3.63, 3.8) is 0 Å². The highest BCUT2D eigenvalue weighted by Gasteiger charge is 2.20. The topological polar surface area (TPSA) is 78.9 Å². The van der Waals surface area contributed by atoms with Gasteiger partial charge >= 0.3 is 17.9 Å². The second-order valence-electron chi connectivity index (χ2n) is 26.6. The molecular weight excluding hydrogens is 1020 g/mol. The summed E-state index contributed by atoms with van der Waals surface area (Å²) in [4.78, 5) is 38.5. The molecule has 494 valence electrons. The van der Waals surface area contributed by atoms with Crippen LogP contribution >= 0.6 is 0 Å². The molecule has 0 saturated carbocycles. The van der Waals surface area contributed by atoms with Crippen molar-refractivity contribution < 1.29 is 28.6 Å². The number of rotatable bonds is 73. The molecular formula is C77H150O6. The third-order valence-electron chi connectivity index (χ3n) is 18.1. The van der Waals surface area contributed by atoms with E-state index in [0.717, 1.165) is 57.8 Å². The third-order valence-corrected chi connectivity index (χ3v) is 18.1. The number of hydrogen-bond acceptors (Lipinski definition) is 6. The molecule has 0 aromatic heterocycles. The van der Waals surface area contributed by atoms with E-state index < -0.39 is 6.10 Å². The first-order chi connectivity index (χ1) is 41.0. The lowest BCUT2D eigenvalue weighted by molar-refractivity contribution is -0.167. The molecule has 0 radical (unpaired) electrons. The zero-order chi connectivity index (χ0) is 59.9. The Labute approximate surface area is 520 Å². The summed E-state index contributed by atoms with van der Waals surface area (Å²) in [6.45, 7) is 6.75. The molecule has 0 N–H and O–H groups in total. The van der Waals surface area contributed by atoms with E-state index in [1.54, 1.807) is 0 Å². The van der Waals surface area contributed by atoms with Gasteiger partial charge in [0.25, 0.3) is 0 Å². The Morgan fingerprint density at radius 1 is 0.193 bits per heavy atom. The highest BCUT2D eigenvalue weighted by molar-refractivity contribution is 5.71. The molecule has 0 amide bonds. The highest BCUT2D eigenvalue weighted by atomic mass is 16.6. The van der Waals surface area contributed by atoms with Crippen molar-refractivity contribution in [2.24, 2.45) is 0 Å². The van der Waals surface area contributed by atoms with Crippen LogP contribution < -0.4 is 0 Å². The fourth-order valence-corrected chi connectivity index (χ4v) is 12.3. The van der Waals surface area contributed by atoms with Crippen molar-refractivity contribution in [2.75, 3.05) is 13.2 Å². The summed E-state index contributed by atoms with van der Waals surface area (Å²) < 4.78 is 17.0. The minimum atomic E-state index is -0.763. The summed E-state index contributed by atoms with van der Waals surface area (Å²) in [5.74, 6) is -0.818. The van der Waals surface area contributed by atoms with Gasteiger partial charge in [-0.3, -0.25) is 14.4 Å². The second-order valence-corrected chi connectivity index (χ2v) is 26.6. The van der Waals surface area contributed by atoms with Gasteiger partial charge in [0.15, 0.2) is 6.10 Å². The lowest BCUT2D eigenvalue weighted by atomic mass is 10.0. The van der Waals surface area contributed by atoms with Crippen molar-refractivity contribution in [2.45, 2.75) is 463 Å². The lowest BCUT2D eigenvalue weighted by Gasteiger charge is -2.18. The summed E-state index contributed by atoms with van der Waals surface area (Å²) in [7, 11) is 0. The molecule has 0 aromatic rings. The van der Waals surface area contributed by atoms with Crippen molar-refractivity contribution >= 4 is 17.9 Å². The summed E-state index contributed by atoms with van der Waals surface area (Å²) in [5.41, 5.74) is 0. The van der Waals surface area contributed by atoms with Gasteiger partial charge in [-0.2, -0.15) is 0 Å². The Hall–Kier alpha value is -1.59. The van der Waals surface area contributed by atoms with E-state index in [4.69, 9.17) is 14.2 Å². The van der Waals surface area contributed by atoms with Crippen molar-refractivity contribution in [1.82, 2.24) is 0 Å². The fraction of sp³-hybridized carbons (Fsp3) is 0.961. The Kier molecular flexibility index (Phi) is 71.5. The molecule has 0 aliphatic carbocycles. The molecule has 0 bridgehead atoms. The number of unbranched alkanes of at least 4 members (excludes halogenated alkanes) is 62. The molecule has 0 spiro atoms. The van der Waals surface area contributed by atoms with Gasteiger partial charge in [0.05, 0.1) is 0 Å². The van der Waals surface area contributed by atoms with Crippen LogP contribution in [0.4, 0.5) is 0 Å². The predicted molar refractivity (Wildman–Crippen MR) is 363 cm³/mol. The molecule has 0 saturated heterocycles. The first kappa shape index (κ1) is 81.4. The van der Waals surface area contributed by atoms with Crippen LogP contribution in [-0.2, 0) is 28.6 Å². The van der Waals surface area contributed by atoms with Gasteiger partial charge in [0, 0.05) is 19.3 Å². The van der Waals surface area contributed by atoms with Gasteiger partial charge in [-0.05, 0) is 19.3 Å². The van der Waals surface area contributed by atoms with Crippen LogP contribution in [0.15, 0.2) is 0 Å². The summed E-state index contributed by atoms with van der Waals surface area (Å²) in [6.07, 6.45) is 87.4. The third kappa shape index (κ3) is 71.1. The SMILES string of the molecule is CCCCCCCCCCCCCCCCCCCCCCCCCCCCCCCCCCCC(=O)OCC(COC(=O)CCCCCCCCCCCCCCC)OC(=O)CCCCCCCCCCCCCCCCCCCCC. The number of ether oxygens (including phenoxy) is 3. The minimum absolute atomic E-state index is 0.0601. The largest absolute Gasteiger partial charge is 0.462 e.